The fourth-order valence-corrected chi connectivity index (χ4v) is 6.04. The number of likely N-dealkylation sites (N-methyl/N-ethyl adjacent to an activating group) is 1. The molecule has 0 saturated heterocycles. The van der Waals surface area contributed by atoms with Crippen molar-refractivity contribution < 1.29 is 9.18 Å². The van der Waals surface area contributed by atoms with Crippen LogP contribution in [0.25, 0.3) is 55.8 Å². The molecule has 234 valence electrons. The van der Waals surface area contributed by atoms with Gasteiger partial charge >= 0.3 is 0 Å². The predicted molar refractivity (Wildman–Crippen MR) is 178 cm³/mol. The lowest BCUT2D eigenvalue weighted by molar-refractivity contribution is -0.120. The molecule has 0 spiro atoms. The third-order valence-electron chi connectivity index (χ3n) is 8.44. The van der Waals surface area contributed by atoms with Gasteiger partial charge in [-0.05, 0) is 62.8 Å². The van der Waals surface area contributed by atoms with E-state index in [0.717, 1.165) is 48.7 Å². The van der Waals surface area contributed by atoms with Crippen LogP contribution in [0.3, 0.4) is 0 Å². The van der Waals surface area contributed by atoms with Crippen molar-refractivity contribution in [3.63, 3.8) is 0 Å². The Hall–Kier alpha value is -5.23. The van der Waals surface area contributed by atoms with Crippen molar-refractivity contribution in [1.29, 1.82) is 0 Å². The van der Waals surface area contributed by atoms with Crippen molar-refractivity contribution in [3.8, 4) is 33.9 Å². The summed E-state index contributed by atoms with van der Waals surface area (Å²) in [6.45, 7) is 1.50. The normalized spacial score (nSPS) is 13.9. The molecule has 46 heavy (non-hydrogen) atoms. The molecule has 4 N–H and O–H groups in total. The number of pyridine rings is 3. The largest absolute Gasteiger partial charge is 0.384 e. The van der Waals surface area contributed by atoms with Crippen LogP contribution in [0.15, 0.2) is 61.3 Å². The third kappa shape index (κ3) is 6.16. The molecule has 5 heterocycles. The third-order valence-corrected chi connectivity index (χ3v) is 8.44. The van der Waals surface area contributed by atoms with Crippen LogP contribution in [0.1, 0.15) is 32.1 Å². The standard InChI is InChI=1S/C34H35FN10O/c1-45(2)9-8-38-24-11-21(10-23(35)13-24)27-17-37-18-30-31(27)42-33(41-30)32-26-14-28(39-19-29(26)43-44-32)22-12-25(16-36-15-22)40-34(46)20-6-4-3-5-7-20/h10-20,38H,3-9H2,1-2H3,(H,40,46)(H,41,42)(H,43,44). The van der Waals surface area contributed by atoms with Gasteiger partial charge in [-0.3, -0.25) is 24.8 Å². The summed E-state index contributed by atoms with van der Waals surface area (Å²) in [7, 11) is 3.99. The number of rotatable bonds is 9. The van der Waals surface area contributed by atoms with Gasteiger partial charge in [-0.15, -0.1) is 0 Å². The molecule has 1 amide bonds. The van der Waals surface area contributed by atoms with Gasteiger partial charge in [-0.25, -0.2) is 9.37 Å². The number of halogens is 1. The van der Waals surface area contributed by atoms with Gasteiger partial charge in [0.15, 0.2) is 5.82 Å². The number of anilines is 2. The van der Waals surface area contributed by atoms with E-state index in [1.165, 1.54) is 18.6 Å². The highest BCUT2D eigenvalue weighted by Crippen LogP contribution is 2.34. The lowest BCUT2D eigenvalue weighted by Gasteiger charge is -2.20. The molecule has 11 nitrogen and oxygen atoms in total. The monoisotopic (exact) mass is 618 g/mol. The van der Waals surface area contributed by atoms with E-state index in [1.807, 2.05) is 32.3 Å². The number of amides is 1. The highest BCUT2D eigenvalue weighted by Gasteiger charge is 2.22. The van der Waals surface area contributed by atoms with Gasteiger partial charge in [0.2, 0.25) is 5.91 Å². The van der Waals surface area contributed by atoms with E-state index < -0.39 is 0 Å². The van der Waals surface area contributed by atoms with Crippen LogP contribution in [-0.4, -0.2) is 73.1 Å². The average molecular weight is 619 g/mol. The minimum Gasteiger partial charge on any atom is -0.384 e. The fraction of sp³-hybridized carbons (Fsp3) is 0.294. The van der Waals surface area contributed by atoms with Crippen molar-refractivity contribution in [2.24, 2.45) is 5.92 Å². The van der Waals surface area contributed by atoms with Crippen molar-refractivity contribution >= 4 is 39.2 Å². The molecule has 7 rings (SSSR count). The summed E-state index contributed by atoms with van der Waals surface area (Å²) < 4.78 is 14.7. The topological polar surface area (TPSA) is 140 Å². The van der Waals surface area contributed by atoms with Crippen LogP contribution in [0.5, 0.6) is 0 Å². The van der Waals surface area contributed by atoms with Crippen LogP contribution in [0.4, 0.5) is 15.8 Å². The Labute approximate surface area is 265 Å². The molecule has 1 aliphatic carbocycles. The molecule has 1 fully saturated rings. The van der Waals surface area contributed by atoms with Crippen molar-refractivity contribution in [1.82, 2.24) is 40.0 Å². The Morgan fingerprint density at radius 2 is 1.76 bits per heavy atom. The Bertz CT molecular complexity index is 2030. The van der Waals surface area contributed by atoms with Crippen LogP contribution in [0.2, 0.25) is 0 Å². The van der Waals surface area contributed by atoms with E-state index in [0.29, 0.717) is 57.3 Å². The van der Waals surface area contributed by atoms with Crippen LogP contribution >= 0.6 is 0 Å². The summed E-state index contributed by atoms with van der Waals surface area (Å²) in [5, 5.41) is 14.8. The fourth-order valence-electron chi connectivity index (χ4n) is 6.04. The average Bonchev–Trinajstić information content (AvgIpc) is 3.69. The number of H-pyrrole nitrogens is 2. The molecule has 5 aromatic heterocycles. The zero-order chi connectivity index (χ0) is 31.6. The summed E-state index contributed by atoms with van der Waals surface area (Å²) in [5.41, 5.74) is 6.88. The number of benzene rings is 1. The second kappa shape index (κ2) is 12.6. The molecule has 1 aromatic carbocycles. The molecule has 0 aliphatic heterocycles. The molecule has 6 aromatic rings. The first-order valence-electron chi connectivity index (χ1n) is 15.6. The lowest BCUT2D eigenvalue weighted by atomic mass is 9.88. The van der Waals surface area contributed by atoms with Gasteiger partial charge in [-0.2, -0.15) is 5.10 Å². The van der Waals surface area contributed by atoms with Crippen molar-refractivity contribution in [2.75, 3.05) is 37.8 Å². The van der Waals surface area contributed by atoms with Gasteiger partial charge in [0.25, 0.3) is 0 Å². The number of nitrogens with one attached hydrogen (secondary N) is 4. The number of carbonyl (C=O) groups is 1. The van der Waals surface area contributed by atoms with Gasteiger partial charge in [-0.1, -0.05) is 19.3 Å². The number of imidazole rings is 1. The van der Waals surface area contributed by atoms with Gasteiger partial charge in [0, 0.05) is 53.6 Å². The number of fused-ring (bicyclic) bond motifs is 2. The first-order chi connectivity index (χ1) is 22.4. The quantitative estimate of drug-likeness (QED) is 0.149. The molecule has 0 unspecified atom stereocenters. The van der Waals surface area contributed by atoms with Crippen LogP contribution < -0.4 is 10.6 Å². The van der Waals surface area contributed by atoms with E-state index in [4.69, 9.17) is 4.98 Å². The Morgan fingerprint density at radius 3 is 2.61 bits per heavy atom. The summed E-state index contributed by atoms with van der Waals surface area (Å²) in [6.07, 6.45) is 13.7. The number of carbonyl (C=O) groups excluding carboxylic acids is 1. The number of nitrogens with zero attached hydrogens (tertiary/aromatic N) is 6. The highest BCUT2D eigenvalue weighted by atomic mass is 19.1. The number of hydrogen-bond acceptors (Lipinski definition) is 8. The van der Waals surface area contributed by atoms with E-state index in [1.54, 1.807) is 31.0 Å². The molecule has 1 saturated carbocycles. The highest BCUT2D eigenvalue weighted by molar-refractivity contribution is 5.98. The zero-order valence-electron chi connectivity index (χ0n) is 25.8. The molecule has 0 bridgehead atoms. The maximum absolute atomic E-state index is 14.7. The minimum atomic E-state index is -0.344. The summed E-state index contributed by atoms with van der Waals surface area (Å²) in [4.78, 5) is 36.6. The number of hydrogen-bond donors (Lipinski definition) is 4. The number of aromatic nitrogens is 7. The molecular weight excluding hydrogens is 583 g/mol. The van der Waals surface area contributed by atoms with Gasteiger partial charge in [0.1, 0.15) is 11.5 Å². The molecule has 1 aliphatic rings. The summed E-state index contributed by atoms with van der Waals surface area (Å²) in [5.74, 6) is 0.295. The van der Waals surface area contributed by atoms with E-state index in [-0.39, 0.29) is 17.6 Å². The van der Waals surface area contributed by atoms with Gasteiger partial charge in [0.05, 0.1) is 46.5 Å². The summed E-state index contributed by atoms with van der Waals surface area (Å²) >= 11 is 0. The van der Waals surface area contributed by atoms with E-state index >= 15 is 0 Å². The lowest BCUT2D eigenvalue weighted by Crippen LogP contribution is -2.24. The SMILES string of the molecule is CN(C)CCNc1cc(F)cc(-c2cncc3[nH]c(-c4n[nH]c5cnc(-c6cncc(NC(=O)C7CCCCC7)c6)cc45)nc23)c1. The maximum Gasteiger partial charge on any atom is 0.227 e. The number of aromatic amines is 2. The predicted octanol–water partition coefficient (Wildman–Crippen LogP) is 6.26. The molecule has 0 atom stereocenters. The maximum atomic E-state index is 14.7. The molecule has 0 radical (unpaired) electrons. The Kier molecular flexibility index (Phi) is 8.10. The smallest absolute Gasteiger partial charge is 0.227 e. The van der Waals surface area contributed by atoms with Crippen molar-refractivity contribution in [3.05, 3.63) is 67.1 Å². The Morgan fingerprint density at radius 1 is 0.935 bits per heavy atom. The van der Waals surface area contributed by atoms with Crippen LogP contribution in [-0.2, 0) is 4.79 Å². The first kappa shape index (κ1) is 29.5. The summed E-state index contributed by atoms with van der Waals surface area (Å²) in [6, 6.07) is 8.71. The van der Waals surface area contributed by atoms with Gasteiger partial charge < -0.3 is 20.5 Å². The molecule has 12 heteroatoms. The first-order valence-corrected chi connectivity index (χ1v) is 15.6. The van der Waals surface area contributed by atoms with E-state index in [2.05, 4.69) is 45.7 Å². The van der Waals surface area contributed by atoms with Crippen LogP contribution in [0, 0.1) is 11.7 Å². The van der Waals surface area contributed by atoms with Crippen molar-refractivity contribution in [2.45, 2.75) is 32.1 Å². The molecular formula is C34H35FN10O. The Balaban J connectivity index is 1.19. The second-order valence-corrected chi connectivity index (χ2v) is 12.1. The second-order valence-electron chi connectivity index (χ2n) is 12.1. The van der Waals surface area contributed by atoms with E-state index in [9.17, 15) is 9.18 Å². The zero-order valence-corrected chi connectivity index (χ0v) is 25.8. The minimum absolute atomic E-state index is 0.0487.